The van der Waals surface area contributed by atoms with Gasteiger partial charge in [-0.15, -0.1) is 22.0 Å². The SMILES string of the molecule is CCOC(=O)c1ccc(CSc2nnc(CSc3ccc(C)cc3)n2-c2ccccc2)cc1. The molecule has 7 heteroatoms. The Morgan fingerprint density at radius 2 is 1.61 bits per heavy atom. The van der Waals surface area contributed by atoms with Crippen LogP contribution in [0.1, 0.15) is 34.2 Å². The molecular weight excluding hydrogens is 450 g/mol. The summed E-state index contributed by atoms with van der Waals surface area (Å²) in [5.41, 5.74) is 3.96. The van der Waals surface area contributed by atoms with E-state index >= 15 is 0 Å². The Labute approximate surface area is 202 Å². The lowest BCUT2D eigenvalue weighted by Gasteiger charge is -2.10. The average molecular weight is 476 g/mol. The number of benzene rings is 3. The summed E-state index contributed by atoms with van der Waals surface area (Å²) in [5.74, 6) is 2.06. The summed E-state index contributed by atoms with van der Waals surface area (Å²) < 4.78 is 7.18. The molecule has 0 aliphatic rings. The van der Waals surface area contributed by atoms with Crippen molar-refractivity contribution in [3.8, 4) is 5.69 Å². The van der Waals surface area contributed by atoms with E-state index in [0.29, 0.717) is 12.2 Å². The fraction of sp³-hybridized carbons (Fsp3) is 0.192. The van der Waals surface area contributed by atoms with Gasteiger partial charge >= 0.3 is 5.97 Å². The molecule has 0 saturated carbocycles. The second kappa shape index (κ2) is 11.2. The molecule has 1 aromatic heterocycles. The van der Waals surface area contributed by atoms with Crippen LogP contribution in [0.5, 0.6) is 0 Å². The van der Waals surface area contributed by atoms with Crippen molar-refractivity contribution >= 4 is 29.5 Å². The predicted octanol–water partition coefficient (Wildman–Crippen LogP) is 6.34. The first-order valence-corrected chi connectivity index (χ1v) is 12.7. The van der Waals surface area contributed by atoms with E-state index in [9.17, 15) is 4.79 Å². The Bertz CT molecular complexity index is 1190. The number of aromatic nitrogens is 3. The van der Waals surface area contributed by atoms with E-state index in [1.807, 2.05) is 30.3 Å². The molecule has 0 radical (unpaired) electrons. The number of nitrogens with zero attached hydrogens (tertiary/aromatic N) is 3. The van der Waals surface area contributed by atoms with E-state index in [0.717, 1.165) is 33.7 Å². The number of carbonyl (C=O) groups excluding carboxylic acids is 1. The first kappa shape index (κ1) is 23.1. The number of rotatable bonds is 9. The zero-order valence-corrected chi connectivity index (χ0v) is 20.2. The fourth-order valence-electron chi connectivity index (χ4n) is 3.21. The van der Waals surface area contributed by atoms with Crippen molar-refractivity contribution in [3.63, 3.8) is 0 Å². The first-order chi connectivity index (χ1) is 16.1. The van der Waals surface area contributed by atoms with E-state index in [1.54, 1.807) is 42.6 Å². The number of para-hydroxylation sites is 1. The molecule has 0 fully saturated rings. The van der Waals surface area contributed by atoms with Gasteiger partial charge in [0.05, 0.1) is 17.9 Å². The van der Waals surface area contributed by atoms with Crippen LogP contribution >= 0.6 is 23.5 Å². The Kier molecular flexibility index (Phi) is 7.86. The van der Waals surface area contributed by atoms with E-state index < -0.39 is 0 Å². The van der Waals surface area contributed by atoms with Gasteiger partial charge in [-0.1, -0.05) is 59.8 Å². The molecule has 0 N–H and O–H groups in total. The second-order valence-corrected chi connectivity index (χ2v) is 9.37. The summed E-state index contributed by atoms with van der Waals surface area (Å²) in [6.07, 6.45) is 0. The molecule has 0 saturated heterocycles. The summed E-state index contributed by atoms with van der Waals surface area (Å²) in [7, 11) is 0. The Morgan fingerprint density at radius 1 is 0.879 bits per heavy atom. The summed E-state index contributed by atoms with van der Waals surface area (Å²) in [5, 5.41) is 9.84. The molecule has 33 heavy (non-hydrogen) atoms. The molecule has 1 heterocycles. The quantitative estimate of drug-likeness (QED) is 0.208. The van der Waals surface area contributed by atoms with Crippen molar-refractivity contribution in [2.75, 3.05) is 6.61 Å². The van der Waals surface area contributed by atoms with Gasteiger partial charge < -0.3 is 4.74 Å². The molecule has 3 aromatic carbocycles. The van der Waals surface area contributed by atoms with Crippen LogP contribution < -0.4 is 0 Å². The fourth-order valence-corrected chi connectivity index (χ4v) is 4.94. The number of hydrogen-bond acceptors (Lipinski definition) is 6. The topological polar surface area (TPSA) is 57.0 Å². The number of carbonyl (C=O) groups is 1. The smallest absolute Gasteiger partial charge is 0.338 e. The number of ether oxygens (including phenoxy) is 1. The van der Waals surface area contributed by atoms with Crippen LogP contribution in [0.25, 0.3) is 5.69 Å². The Balaban J connectivity index is 1.50. The van der Waals surface area contributed by atoms with Crippen LogP contribution in [-0.4, -0.2) is 27.3 Å². The highest BCUT2D eigenvalue weighted by molar-refractivity contribution is 7.98. The number of aryl methyl sites for hydroxylation is 1. The van der Waals surface area contributed by atoms with Crippen LogP contribution in [0.3, 0.4) is 0 Å². The van der Waals surface area contributed by atoms with Crippen LogP contribution in [0, 0.1) is 6.92 Å². The molecule has 168 valence electrons. The van der Waals surface area contributed by atoms with Gasteiger partial charge in [0.25, 0.3) is 0 Å². The average Bonchev–Trinajstić information content (AvgIpc) is 3.26. The van der Waals surface area contributed by atoms with Gasteiger partial charge in [0.1, 0.15) is 5.82 Å². The third-order valence-electron chi connectivity index (χ3n) is 4.94. The highest BCUT2D eigenvalue weighted by Crippen LogP contribution is 2.29. The highest BCUT2D eigenvalue weighted by atomic mass is 32.2. The van der Waals surface area contributed by atoms with E-state index in [-0.39, 0.29) is 5.97 Å². The number of esters is 1. The zero-order valence-electron chi connectivity index (χ0n) is 18.6. The van der Waals surface area contributed by atoms with E-state index in [2.05, 4.69) is 58.1 Å². The van der Waals surface area contributed by atoms with Gasteiger partial charge in [-0.25, -0.2) is 4.79 Å². The van der Waals surface area contributed by atoms with Crippen LogP contribution in [0.15, 0.2) is 88.9 Å². The molecule has 0 bridgehead atoms. The van der Waals surface area contributed by atoms with Crippen molar-refractivity contribution in [2.45, 2.75) is 35.4 Å². The van der Waals surface area contributed by atoms with Crippen molar-refractivity contribution < 1.29 is 9.53 Å². The lowest BCUT2D eigenvalue weighted by molar-refractivity contribution is 0.0526. The van der Waals surface area contributed by atoms with Gasteiger partial charge in [0.2, 0.25) is 0 Å². The molecule has 0 unspecified atom stereocenters. The number of hydrogen-bond donors (Lipinski definition) is 0. The summed E-state index contributed by atoms with van der Waals surface area (Å²) in [6, 6.07) is 26.2. The van der Waals surface area contributed by atoms with Crippen LogP contribution in [0.2, 0.25) is 0 Å². The number of thioether (sulfide) groups is 2. The summed E-state index contributed by atoms with van der Waals surface area (Å²) in [6.45, 7) is 4.27. The van der Waals surface area contributed by atoms with Crippen molar-refractivity contribution in [3.05, 3.63) is 101 Å². The van der Waals surface area contributed by atoms with Crippen molar-refractivity contribution in [1.82, 2.24) is 14.8 Å². The lowest BCUT2D eigenvalue weighted by atomic mass is 10.1. The maximum atomic E-state index is 11.9. The Morgan fingerprint density at radius 3 is 2.30 bits per heavy atom. The highest BCUT2D eigenvalue weighted by Gasteiger charge is 2.15. The normalized spacial score (nSPS) is 10.8. The van der Waals surface area contributed by atoms with E-state index in [4.69, 9.17) is 4.74 Å². The second-order valence-electron chi connectivity index (χ2n) is 7.38. The van der Waals surface area contributed by atoms with Gasteiger partial charge in [-0.2, -0.15) is 0 Å². The summed E-state index contributed by atoms with van der Waals surface area (Å²) >= 11 is 3.38. The molecule has 0 spiro atoms. The lowest BCUT2D eigenvalue weighted by Crippen LogP contribution is -2.04. The first-order valence-electron chi connectivity index (χ1n) is 10.7. The molecular formula is C26H25N3O2S2. The third-order valence-corrected chi connectivity index (χ3v) is 6.94. The maximum Gasteiger partial charge on any atom is 0.338 e. The predicted molar refractivity (Wildman–Crippen MR) is 134 cm³/mol. The summed E-state index contributed by atoms with van der Waals surface area (Å²) in [4.78, 5) is 13.1. The van der Waals surface area contributed by atoms with Gasteiger partial charge in [0.15, 0.2) is 5.16 Å². The minimum atomic E-state index is -0.295. The molecule has 5 nitrogen and oxygen atoms in total. The standard InChI is InChI=1S/C26H25N3O2S2/c1-3-31-25(30)21-13-11-20(12-14-21)17-33-26-28-27-24(29(26)22-7-5-4-6-8-22)18-32-23-15-9-19(2)10-16-23/h4-16H,3,17-18H2,1-2H3. The molecule has 4 aromatic rings. The molecule has 4 rings (SSSR count). The molecule has 0 aliphatic carbocycles. The zero-order chi connectivity index (χ0) is 23.0. The molecule has 0 atom stereocenters. The third kappa shape index (κ3) is 6.06. The Hall–Kier alpha value is -3.03. The van der Waals surface area contributed by atoms with Crippen LogP contribution in [-0.2, 0) is 16.2 Å². The largest absolute Gasteiger partial charge is 0.462 e. The molecule has 0 amide bonds. The minimum Gasteiger partial charge on any atom is -0.462 e. The minimum absolute atomic E-state index is 0.295. The van der Waals surface area contributed by atoms with Gasteiger partial charge in [0, 0.05) is 16.3 Å². The maximum absolute atomic E-state index is 11.9. The van der Waals surface area contributed by atoms with E-state index in [1.165, 1.54) is 10.5 Å². The monoisotopic (exact) mass is 475 g/mol. The van der Waals surface area contributed by atoms with Crippen LogP contribution in [0.4, 0.5) is 0 Å². The van der Waals surface area contributed by atoms with Gasteiger partial charge in [-0.05, 0) is 55.8 Å². The van der Waals surface area contributed by atoms with Gasteiger partial charge in [-0.3, -0.25) is 4.57 Å². The van der Waals surface area contributed by atoms with Crippen molar-refractivity contribution in [1.29, 1.82) is 0 Å². The molecule has 0 aliphatic heterocycles. The van der Waals surface area contributed by atoms with Crippen molar-refractivity contribution in [2.24, 2.45) is 0 Å².